The average Bonchev–Trinajstić information content (AvgIpc) is 2.56. The zero-order chi connectivity index (χ0) is 17.3. The summed E-state index contributed by atoms with van der Waals surface area (Å²) in [4.78, 5) is 33.3. The molecule has 0 atom stereocenters. The normalized spacial score (nSPS) is 9.96. The minimum Gasteiger partial charge on any atom is -0.459 e. The number of unbranched alkanes of at least 4 members (excludes halogenated alkanes) is 9. The van der Waals surface area contributed by atoms with Crippen molar-refractivity contribution in [3.8, 4) is 0 Å². The molecule has 0 aliphatic rings. The summed E-state index contributed by atoms with van der Waals surface area (Å²) < 4.78 is 4.81. The number of ether oxygens (including phenoxy) is 1. The molecule has 0 aromatic carbocycles. The first-order valence-electron chi connectivity index (χ1n) is 8.51. The van der Waals surface area contributed by atoms with Crippen molar-refractivity contribution in [2.75, 3.05) is 6.61 Å². The Kier molecular flexibility index (Phi) is 13.8. The number of hydrogen-bond donors (Lipinski definition) is 2. The van der Waals surface area contributed by atoms with Gasteiger partial charge in [0.15, 0.2) is 0 Å². The third kappa shape index (κ3) is 13.5. The van der Waals surface area contributed by atoms with E-state index in [0.717, 1.165) is 25.3 Å². The van der Waals surface area contributed by atoms with Crippen molar-refractivity contribution in [1.82, 2.24) is 10.9 Å². The Morgan fingerprint density at radius 3 is 1.91 bits per heavy atom. The first kappa shape index (κ1) is 21.1. The fraction of sp³-hybridized carbons (Fsp3) is 0.706. The summed E-state index contributed by atoms with van der Waals surface area (Å²) in [5.41, 5.74) is 3.94. The van der Waals surface area contributed by atoms with Gasteiger partial charge in [-0.2, -0.15) is 0 Å². The van der Waals surface area contributed by atoms with Gasteiger partial charge >= 0.3 is 11.9 Å². The van der Waals surface area contributed by atoms with Crippen LogP contribution in [-0.4, -0.2) is 24.4 Å². The molecule has 0 saturated carbocycles. The number of nitrogens with one attached hydrogen (secondary N) is 2. The molecule has 0 aliphatic heterocycles. The van der Waals surface area contributed by atoms with Crippen molar-refractivity contribution in [2.24, 2.45) is 0 Å². The predicted octanol–water partition coefficient (Wildman–Crippen LogP) is 2.78. The molecule has 0 spiro atoms. The molecule has 0 unspecified atom stereocenters. The lowest BCUT2D eigenvalue weighted by atomic mass is 10.1. The Balaban J connectivity index is 3.40. The molecule has 6 heteroatoms. The second-order valence-corrected chi connectivity index (χ2v) is 5.47. The number of carbonyl (C=O) groups is 3. The molecule has 0 bridgehead atoms. The van der Waals surface area contributed by atoms with Crippen molar-refractivity contribution in [2.45, 2.75) is 71.1 Å². The van der Waals surface area contributed by atoms with Crippen LogP contribution in [-0.2, 0) is 19.1 Å². The van der Waals surface area contributed by atoms with Gasteiger partial charge in [-0.25, -0.2) is 4.79 Å². The molecule has 0 aromatic rings. The van der Waals surface area contributed by atoms with Crippen LogP contribution >= 0.6 is 0 Å². The summed E-state index contributed by atoms with van der Waals surface area (Å²) in [6, 6.07) is 0. The van der Waals surface area contributed by atoms with E-state index in [9.17, 15) is 14.4 Å². The smallest absolute Gasteiger partial charge is 0.398 e. The molecule has 0 radical (unpaired) electrons. The lowest BCUT2D eigenvalue weighted by molar-refractivity contribution is -0.155. The molecular formula is C17H30N2O4. The standard InChI is InChI=1S/C17H30N2O4/c1-3-5-6-7-8-9-10-11-12-13-14-23-17(22)16(21)19-18-15(20)4-2/h4H,2-3,5-14H2,1H3,(H,18,20)(H,19,21). The van der Waals surface area contributed by atoms with Crippen LogP contribution in [0.3, 0.4) is 0 Å². The van der Waals surface area contributed by atoms with E-state index in [1.807, 2.05) is 10.9 Å². The highest BCUT2D eigenvalue weighted by atomic mass is 16.5. The van der Waals surface area contributed by atoms with Gasteiger partial charge in [-0.1, -0.05) is 71.3 Å². The van der Waals surface area contributed by atoms with Gasteiger partial charge in [0, 0.05) is 0 Å². The van der Waals surface area contributed by atoms with Gasteiger partial charge in [-0.15, -0.1) is 0 Å². The second-order valence-electron chi connectivity index (χ2n) is 5.47. The molecule has 0 aliphatic carbocycles. The van der Waals surface area contributed by atoms with E-state index in [4.69, 9.17) is 4.74 Å². The van der Waals surface area contributed by atoms with E-state index in [-0.39, 0.29) is 6.61 Å². The molecule has 6 nitrogen and oxygen atoms in total. The first-order chi connectivity index (χ1) is 11.1. The van der Waals surface area contributed by atoms with E-state index < -0.39 is 17.8 Å². The van der Waals surface area contributed by atoms with Gasteiger partial charge in [0.2, 0.25) is 0 Å². The van der Waals surface area contributed by atoms with Crippen LogP contribution in [0.15, 0.2) is 12.7 Å². The summed E-state index contributed by atoms with van der Waals surface area (Å²) in [5, 5.41) is 0. The summed E-state index contributed by atoms with van der Waals surface area (Å²) in [6.07, 6.45) is 12.8. The van der Waals surface area contributed by atoms with Gasteiger partial charge < -0.3 is 4.74 Å². The number of amides is 2. The Hall–Kier alpha value is -1.85. The van der Waals surface area contributed by atoms with Gasteiger partial charge in [0.1, 0.15) is 0 Å². The highest BCUT2D eigenvalue weighted by Crippen LogP contribution is 2.10. The van der Waals surface area contributed by atoms with E-state index in [1.165, 1.54) is 44.9 Å². The Bertz CT molecular complexity index is 370. The van der Waals surface area contributed by atoms with Crippen molar-refractivity contribution in [3.63, 3.8) is 0 Å². The molecule has 23 heavy (non-hydrogen) atoms. The minimum atomic E-state index is -0.995. The molecule has 132 valence electrons. The van der Waals surface area contributed by atoms with Gasteiger partial charge in [0.25, 0.3) is 5.91 Å². The highest BCUT2D eigenvalue weighted by molar-refractivity contribution is 6.32. The Labute approximate surface area is 139 Å². The lowest BCUT2D eigenvalue weighted by Gasteiger charge is -2.06. The SMILES string of the molecule is C=CC(=O)NNC(=O)C(=O)OCCCCCCCCCCCC. The van der Waals surface area contributed by atoms with Crippen molar-refractivity contribution in [3.05, 3.63) is 12.7 Å². The van der Waals surface area contributed by atoms with Gasteiger partial charge in [-0.3, -0.25) is 20.4 Å². The summed E-state index contributed by atoms with van der Waals surface area (Å²) >= 11 is 0. The lowest BCUT2D eigenvalue weighted by Crippen LogP contribution is -2.44. The zero-order valence-corrected chi connectivity index (χ0v) is 14.2. The van der Waals surface area contributed by atoms with E-state index in [0.29, 0.717) is 0 Å². The third-order valence-corrected chi connectivity index (χ3v) is 3.40. The Morgan fingerprint density at radius 2 is 1.39 bits per heavy atom. The van der Waals surface area contributed by atoms with E-state index in [2.05, 4.69) is 13.5 Å². The van der Waals surface area contributed by atoms with Crippen LogP contribution in [0.4, 0.5) is 0 Å². The molecule has 0 heterocycles. The number of rotatable bonds is 12. The molecule has 2 N–H and O–H groups in total. The third-order valence-electron chi connectivity index (χ3n) is 3.40. The summed E-state index contributed by atoms with van der Waals surface area (Å²) in [7, 11) is 0. The molecule has 0 rings (SSSR count). The van der Waals surface area contributed by atoms with Crippen LogP contribution in [0.1, 0.15) is 71.1 Å². The van der Waals surface area contributed by atoms with Crippen LogP contribution in [0.25, 0.3) is 0 Å². The maximum atomic E-state index is 11.3. The van der Waals surface area contributed by atoms with Crippen LogP contribution in [0.2, 0.25) is 0 Å². The molecule has 0 aromatic heterocycles. The number of esters is 1. The topological polar surface area (TPSA) is 84.5 Å². The van der Waals surface area contributed by atoms with E-state index >= 15 is 0 Å². The maximum absolute atomic E-state index is 11.3. The zero-order valence-electron chi connectivity index (χ0n) is 14.2. The monoisotopic (exact) mass is 326 g/mol. The second kappa shape index (κ2) is 15.1. The molecular weight excluding hydrogens is 296 g/mol. The summed E-state index contributed by atoms with van der Waals surface area (Å²) in [6.45, 7) is 5.65. The molecule has 0 saturated heterocycles. The minimum absolute atomic E-state index is 0.220. The van der Waals surface area contributed by atoms with Crippen LogP contribution in [0.5, 0.6) is 0 Å². The van der Waals surface area contributed by atoms with E-state index in [1.54, 1.807) is 0 Å². The fourth-order valence-corrected chi connectivity index (χ4v) is 2.04. The van der Waals surface area contributed by atoms with Gasteiger partial charge in [0.05, 0.1) is 6.61 Å². The predicted molar refractivity (Wildman–Crippen MR) is 89.3 cm³/mol. The van der Waals surface area contributed by atoms with Crippen molar-refractivity contribution in [1.29, 1.82) is 0 Å². The quantitative estimate of drug-likeness (QED) is 0.190. The average molecular weight is 326 g/mol. The number of hydrazine groups is 1. The highest BCUT2D eigenvalue weighted by Gasteiger charge is 2.14. The largest absolute Gasteiger partial charge is 0.459 e. The maximum Gasteiger partial charge on any atom is 0.398 e. The van der Waals surface area contributed by atoms with Crippen molar-refractivity contribution < 1.29 is 19.1 Å². The molecule has 0 fully saturated rings. The van der Waals surface area contributed by atoms with Crippen molar-refractivity contribution >= 4 is 17.8 Å². The fourth-order valence-electron chi connectivity index (χ4n) is 2.04. The number of hydrogen-bond acceptors (Lipinski definition) is 4. The molecule has 2 amide bonds. The van der Waals surface area contributed by atoms with Gasteiger partial charge in [-0.05, 0) is 12.5 Å². The van der Waals surface area contributed by atoms with Crippen LogP contribution in [0, 0.1) is 0 Å². The van der Waals surface area contributed by atoms with Crippen LogP contribution < -0.4 is 10.9 Å². The number of carbonyl (C=O) groups excluding carboxylic acids is 3. The summed E-state index contributed by atoms with van der Waals surface area (Å²) in [5.74, 6) is -2.58. The first-order valence-corrected chi connectivity index (χ1v) is 8.51. The Morgan fingerprint density at radius 1 is 0.870 bits per heavy atom.